The van der Waals surface area contributed by atoms with Crippen LogP contribution in [0.4, 0.5) is 5.69 Å². The van der Waals surface area contributed by atoms with Gasteiger partial charge in [-0.05, 0) is 38.1 Å². The third kappa shape index (κ3) is 4.16. The van der Waals surface area contributed by atoms with Crippen LogP contribution in [0, 0.1) is 13.8 Å². The number of hydrogen-bond acceptors (Lipinski definition) is 5. The van der Waals surface area contributed by atoms with Crippen LogP contribution in [-0.4, -0.2) is 16.0 Å². The minimum absolute atomic E-state index is 0.0287. The fourth-order valence-electron chi connectivity index (χ4n) is 2.26. The maximum absolute atomic E-state index is 12.4. The molecule has 1 amide bonds. The van der Waals surface area contributed by atoms with Crippen LogP contribution in [0.5, 0.6) is 11.5 Å². The van der Waals surface area contributed by atoms with E-state index in [1.165, 1.54) is 23.0 Å². The molecular formula is C19H18N2O3S. The second kappa shape index (κ2) is 7.36. The molecule has 2 aromatic carbocycles. The molecule has 0 radical (unpaired) electrons. The first-order valence-electron chi connectivity index (χ1n) is 7.78. The largest absolute Gasteiger partial charge is 0.506 e. The lowest BCUT2D eigenvalue weighted by Crippen LogP contribution is -2.11. The Hall–Kier alpha value is -2.86. The quantitative estimate of drug-likeness (QED) is 0.670. The van der Waals surface area contributed by atoms with Crippen molar-refractivity contribution in [1.29, 1.82) is 0 Å². The number of aromatic hydroxyl groups is 1. The number of ether oxygens (including phenoxy) is 1. The number of carbonyl (C=O) groups excluding carboxylic acids is 1. The van der Waals surface area contributed by atoms with Crippen molar-refractivity contribution in [2.45, 2.75) is 20.5 Å². The highest BCUT2D eigenvalue weighted by Crippen LogP contribution is 2.25. The van der Waals surface area contributed by atoms with E-state index >= 15 is 0 Å². The molecule has 5 nitrogen and oxygen atoms in total. The van der Waals surface area contributed by atoms with Crippen molar-refractivity contribution in [3.8, 4) is 11.5 Å². The molecule has 3 aromatic rings. The summed E-state index contributed by atoms with van der Waals surface area (Å²) in [6, 6.07) is 14.4. The molecule has 0 aliphatic heterocycles. The first-order valence-corrected chi connectivity index (χ1v) is 8.59. The zero-order chi connectivity index (χ0) is 17.8. The minimum atomic E-state index is -0.293. The van der Waals surface area contributed by atoms with Crippen molar-refractivity contribution in [1.82, 2.24) is 4.98 Å². The van der Waals surface area contributed by atoms with E-state index in [-0.39, 0.29) is 11.7 Å². The summed E-state index contributed by atoms with van der Waals surface area (Å²) in [5.74, 6) is 0.498. The highest BCUT2D eigenvalue weighted by Gasteiger charge is 2.16. The summed E-state index contributed by atoms with van der Waals surface area (Å²) in [5.41, 5.74) is 2.18. The van der Waals surface area contributed by atoms with Crippen LogP contribution in [0.1, 0.15) is 25.9 Å². The van der Waals surface area contributed by atoms with Crippen molar-refractivity contribution in [3.05, 3.63) is 69.7 Å². The zero-order valence-electron chi connectivity index (χ0n) is 13.9. The summed E-state index contributed by atoms with van der Waals surface area (Å²) in [6.07, 6.45) is 0. The first-order chi connectivity index (χ1) is 12.0. The van der Waals surface area contributed by atoms with Crippen LogP contribution >= 0.6 is 11.3 Å². The third-order valence-corrected chi connectivity index (χ3v) is 4.71. The molecule has 1 aromatic heterocycles. The van der Waals surface area contributed by atoms with Gasteiger partial charge in [0, 0.05) is 0 Å². The van der Waals surface area contributed by atoms with Crippen LogP contribution in [-0.2, 0) is 6.61 Å². The Morgan fingerprint density at radius 1 is 1.16 bits per heavy atom. The molecule has 0 aliphatic rings. The van der Waals surface area contributed by atoms with Gasteiger partial charge in [0.15, 0.2) is 0 Å². The SMILES string of the molecule is Cc1ccc(OCc2nc(C)c(C(=O)Nc3ccccc3O)s2)cc1. The number of phenols is 1. The van der Waals surface area contributed by atoms with Gasteiger partial charge >= 0.3 is 0 Å². The van der Waals surface area contributed by atoms with Crippen molar-refractivity contribution in [3.63, 3.8) is 0 Å². The Kier molecular flexibility index (Phi) is 5.00. The second-order valence-electron chi connectivity index (χ2n) is 5.60. The molecule has 0 atom stereocenters. The maximum Gasteiger partial charge on any atom is 0.267 e. The number of benzene rings is 2. The average molecular weight is 354 g/mol. The molecule has 25 heavy (non-hydrogen) atoms. The number of aryl methyl sites for hydroxylation is 2. The summed E-state index contributed by atoms with van der Waals surface area (Å²) in [4.78, 5) is 17.3. The Morgan fingerprint density at radius 2 is 1.88 bits per heavy atom. The Labute approximate surface area is 149 Å². The lowest BCUT2D eigenvalue weighted by Gasteiger charge is -2.05. The summed E-state index contributed by atoms with van der Waals surface area (Å²) >= 11 is 1.29. The topological polar surface area (TPSA) is 71.5 Å². The van der Waals surface area contributed by atoms with Crippen LogP contribution < -0.4 is 10.1 Å². The molecule has 0 aliphatic carbocycles. The van der Waals surface area contributed by atoms with Gasteiger partial charge in [-0.3, -0.25) is 4.79 Å². The van der Waals surface area contributed by atoms with Crippen molar-refractivity contribution in [2.75, 3.05) is 5.32 Å². The molecule has 0 unspecified atom stereocenters. The van der Waals surface area contributed by atoms with E-state index in [1.807, 2.05) is 31.2 Å². The molecule has 128 valence electrons. The van der Waals surface area contributed by atoms with Crippen molar-refractivity contribution >= 4 is 22.9 Å². The second-order valence-corrected chi connectivity index (χ2v) is 6.68. The molecule has 0 fully saturated rings. The fourth-order valence-corrected chi connectivity index (χ4v) is 3.14. The molecule has 6 heteroatoms. The number of nitrogens with one attached hydrogen (secondary N) is 1. The van der Waals surface area contributed by atoms with Gasteiger partial charge in [-0.2, -0.15) is 0 Å². The normalized spacial score (nSPS) is 10.5. The predicted octanol–water partition coefficient (Wildman–Crippen LogP) is 4.30. The van der Waals surface area contributed by atoms with E-state index in [0.29, 0.717) is 22.9 Å². The van der Waals surface area contributed by atoms with Crippen LogP contribution in [0.25, 0.3) is 0 Å². The van der Waals surface area contributed by atoms with Gasteiger partial charge in [0.1, 0.15) is 28.0 Å². The number of hydrogen-bond donors (Lipinski definition) is 2. The maximum atomic E-state index is 12.4. The van der Waals surface area contributed by atoms with E-state index in [0.717, 1.165) is 10.8 Å². The van der Waals surface area contributed by atoms with E-state index < -0.39 is 0 Å². The number of carbonyl (C=O) groups is 1. The Balaban J connectivity index is 1.68. The van der Waals surface area contributed by atoms with Crippen LogP contribution in [0.2, 0.25) is 0 Å². The molecule has 0 spiro atoms. The molecular weight excluding hydrogens is 336 g/mol. The van der Waals surface area contributed by atoms with Crippen LogP contribution in [0.3, 0.4) is 0 Å². The highest BCUT2D eigenvalue weighted by atomic mass is 32.1. The van der Waals surface area contributed by atoms with Gasteiger partial charge in [-0.25, -0.2) is 4.98 Å². The lowest BCUT2D eigenvalue weighted by molar-refractivity contribution is 0.102. The van der Waals surface area contributed by atoms with Gasteiger partial charge in [-0.15, -0.1) is 11.3 Å². The summed E-state index contributed by atoms with van der Waals surface area (Å²) < 4.78 is 5.71. The first kappa shape index (κ1) is 17.0. The zero-order valence-corrected chi connectivity index (χ0v) is 14.8. The standard InChI is InChI=1S/C19H18N2O3S/c1-12-7-9-14(10-8-12)24-11-17-20-13(2)18(25-17)19(23)21-15-5-3-4-6-16(15)22/h3-10,22H,11H2,1-2H3,(H,21,23). The van der Waals surface area contributed by atoms with E-state index in [1.54, 1.807) is 25.1 Å². The summed E-state index contributed by atoms with van der Waals surface area (Å²) in [5, 5.41) is 13.2. The van der Waals surface area contributed by atoms with Crippen molar-refractivity contribution < 1.29 is 14.6 Å². The number of amides is 1. The van der Waals surface area contributed by atoms with E-state index in [9.17, 15) is 9.90 Å². The number of rotatable bonds is 5. The molecule has 0 saturated heterocycles. The number of phenolic OH excluding ortho intramolecular Hbond substituents is 1. The molecule has 2 N–H and O–H groups in total. The van der Waals surface area contributed by atoms with Gasteiger partial charge in [0.25, 0.3) is 5.91 Å². The van der Waals surface area contributed by atoms with Crippen molar-refractivity contribution in [2.24, 2.45) is 0 Å². The highest BCUT2D eigenvalue weighted by molar-refractivity contribution is 7.13. The van der Waals surface area contributed by atoms with Gasteiger partial charge in [0.05, 0.1) is 11.4 Å². The number of thiazole rings is 1. The fraction of sp³-hybridized carbons (Fsp3) is 0.158. The number of anilines is 1. The molecule has 0 saturated carbocycles. The number of aromatic nitrogens is 1. The Bertz CT molecular complexity index is 888. The molecule has 0 bridgehead atoms. The molecule has 3 rings (SSSR count). The van der Waals surface area contributed by atoms with Gasteiger partial charge in [-0.1, -0.05) is 29.8 Å². The monoisotopic (exact) mass is 354 g/mol. The lowest BCUT2D eigenvalue weighted by atomic mass is 10.2. The molecule has 1 heterocycles. The van der Waals surface area contributed by atoms with Crippen LogP contribution in [0.15, 0.2) is 48.5 Å². The number of para-hydroxylation sites is 2. The van der Waals surface area contributed by atoms with E-state index in [2.05, 4.69) is 10.3 Å². The number of nitrogens with zero attached hydrogens (tertiary/aromatic N) is 1. The Morgan fingerprint density at radius 3 is 2.60 bits per heavy atom. The minimum Gasteiger partial charge on any atom is -0.506 e. The smallest absolute Gasteiger partial charge is 0.267 e. The predicted molar refractivity (Wildman–Crippen MR) is 98.4 cm³/mol. The summed E-state index contributed by atoms with van der Waals surface area (Å²) in [7, 11) is 0. The van der Waals surface area contributed by atoms with E-state index in [4.69, 9.17) is 4.74 Å². The third-order valence-electron chi connectivity index (χ3n) is 3.58. The van der Waals surface area contributed by atoms with Gasteiger partial charge in [0.2, 0.25) is 0 Å². The average Bonchev–Trinajstić information content (AvgIpc) is 2.97. The summed E-state index contributed by atoms with van der Waals surface area (Å²) in [6.45, 7) is 4.10. The van der Waals surface area contributed by atoms with Gasteiger partial charge < -0.3 is 15.2 Å².